The van der Waals surface area contributed by atoms with Crippen molar-refractivity contribution >= 4 is 56.1 Å². The maximum Gasteiger partial charge on any atom is 0.433 e. The predicted molar refractivity (Wildman–Crippen MR) is 134 cm³/mol. The van der Waals surface area contributed by atoms with Gasteiger partial charge in [0.15, 0.2) is 5.13 Å². The van der Waals surface area contributed by atoms with E-state index in [1.807, 2.05) is 13.0 Å². The normalized spacial score (nSPS) is 19.1. The number of benzene rings is 1. The molecule has 0 unspecified atom stereocenters. The lowest BCUT2D eigenvalue weighted by Crippen LogP contribution is -2.40. The molecule has 6 nitrogen and oxygen atoms in total. The Morgan fingerprint density at radius 3 is 2.54 bits per heavy atom. The molecular weight excluding hydrogens is 499 g/mol. The molecule has 1 aliphatic rings. The standard InChI is InChI=1S/C24H25ClF3N5OS/c1-2-3-16(20-12-35-23(29)33-20)22(34)31-15-7-5-14(6-8-15)30-19-11-21(24(26,27)28)32-18-9-4-13(25)10-17(18)19/h3-4,9-12,14-15H,2,5-8H2,1H3,(H2,29,33)(H,30,32)(H,31,34)/b16-3-/t14-,15+. The molecule has 4 rings (SSSR count). The summed E-state index contributed by atoms with van der Waals surface area (Å²) in [5.41, 5.74) is 6.41. The Hall–Kier alpha value is -2.85. The number of carbonyl (C=O) groups excluding carboxylic acids is 1. The molecule has 0 saturated heterocycles. The molecule has 3 aromatic rings. The fourth-order valence-electron chi connectivity index (χ4n) is 4.26. The van der Waals surface area contributed by atoms with E-state index in [4.69, 9.17) is 17.3 Å². The first-order chi connectivity index (χ1) is 16.6. The lowest BCUT2D eigenvalue weighted by atomic mass is 9.90. The molecular formula is C24H25ClF3N5OS. The minimum Gasteiger partial charge on any atom is -0.382 e. The molecule has 35 heavy (non-hydrogen) atoms. The highest BCUT2D eigenvalue weighted by Gasteiger charge is 2.34. The Balaban J connectivity index is 1.43. The van der Waals surface area contributed by atoms with Gasteiger partial charge in [-0.3, -0.25) is 4.79 Å². The lowest BCUT2D eigenvalue weighted by molar-refractivity contribution is -0.140. The zero-order chi connectivity index (χ0) is 25.2. The van der Waals surface area contributed by atoms with E-state index in [9.17, 15) is 18.0 Å². The van der Waals surface area contributed by atoms with Crippen molar-refractivity contribution < 1.29 is 18.0 Å². The SMILES string of the molecule is CC/C=C(\C(=O)N[C@H]1CC[C@@H](Nc2cc(C(F)(F)F)nc3ccc(Cl)cc23)CC1)c1csc(N)n1. The molecule has 0 atom stereocenters. The molecule has 0 bridgehead atoms. The van der Waals surface area contributed by atoms with Gasteiger partial charge in [-0.05, 0) is 56.4 Å². The van der Waals surface area contributed by atoms with Crippen molar-refractivity contribution in [2.45, 2.75) is 57.3 Å². The third-order valence-electron chi connectivity index (χ3n) is 5.93. The molecule has 2 heterocycles. The van der Waals surface area contributed by atoms with E-state index in [0.717, 1.165) is 6.07 Å². The topological polar surface area (TPSA) is 92.9 Å². The summed E-state index contributed by atoms with van der Waals surface area (Å²) in [6.45, 7) is 1.94. The maximum absolute atomic E-state index is 13.4. The monoisotopic (exact) mass is 523 g/mol. The Morgan fingerprint density at radius 1 is 1.20 bits per heavy atom. The van der Waals surface area contributed by atoms with Crippen LogP contribution in [0.4, 0.5) is 24.0 Å². The first-order valence-electron chi connectivity index (χ1n) is 11.3. The van der Waals surface area contributed by atoms with Crippen LogP contribution in [0.15, 0.2) is 35.7 Å². The quantitative estimate of drug-likeness (QED) is 0.331. The lowest BCUT2D eigenvalue weighted by Gasteiger charge is -2.31. The molecule has 0 aliphatic heterocycles. The van der Waals surface area contributed by atoms with Crippen LogP contribution in [0.1, 0.15) is 50.4 Å². The number of nitrogens with one attached hydrogen (secondary N) is 2. The van der Waals surface area contributed by atoms with Gasteiger partial charge in [0.25, 0.3) is 5.91 Å². The summed E-state index contributed by atoms with van der Waals surface area (Å²) in [6.07, 6.45) is 0.712. The number of nitrogens with two attached hydrogens (primary N) is 1. The van der Waals surface area contributed by atoms with Gasteiger partial charge in [-0.2, -0.15) is 13.2 Å². The number of pyridine rings is 1. The molecule has 2 aromatic heterocycles. The smallest absolute Gasteiger partial charge is 0.382 e. The van der Waals surface area contributed by atoms with Crippen molar-refractivity contribution in [2.75, 3.05) is 11.1 Å². The number of rotatable bonds is 6. The second-order valence-corrected chi connectivity index (χ2v) is 9.80. The van der Waals surface area contributed by atoms with E-state index in [1.54, 1.807) is 11.4 Å². The van der Waals surface area contributed by atoms with Crippen molar-refractivity contribution in [1.29, 1.82) is 0 Å². The zero-order valence-corrected chi connectivity index (χ0v) is 20.5. The van der Waals surface area contributed by atoms with Crippen LogP contribution in [0.2, 0.25) is 5.02 Å². The van der Waals surface area contributed by atoms with Gasteiger partial charge in [-0.25, -0.2) is 9.97 Å². The third kappa shape index (κ3) is 6.05. The van der Waals surface area contributed by atoms with Crippen LogP contribution in [0, 0.1) is 0 Å². The van der Waals surface area contributed by atoms with E-state index in [-0.39, 0.29) is 23.5 Å². The number of halogens is 4. The molecule has 186 valence electrons. The van der Waals surface area contributed by atoms with Crippen molar-refractivity contribution in [1.82, 2.24) is 15.3 Å². The first-order valence-corrected chi connectivity index (χ1v) is 12.6. The number of anilines is 2. The number of amides is 1. The van der Waals surface area contributed by atoms with Crippen LogP contribution in [-0.2, 0) is 11.0 Å². The van der Waals surface area contributed by atoms with Gasteiger partial charge < -0.3 is 16.4 Å². The summed E-state index contributed by atoms with van der Waals surface area (Å²) in [6, 6.07) is 5.58. The van der Waals surface area contributed by atoms with Gasteiger partial charge in [-0.15, -0.1) is 11.3 Å². The fraction of sp³-hybridized carbons (Fsp3) is 0.375. The molecule has 4 N–H and O–H groups in total. The van der Waals surface area contributed by atoms with Crippen molar-refractivity contribution in [3.8, 4) is 0 Å². The van der Waals surface area contributed by atoms with E-state index in [0.29, 0.717) is 64.6 Å². The van der Waals surface area contributed by atoms with Crippen LogP contribution < -0.4 is 16.4 Å². The number of allylic oxidation sites excluding steroid dienone is 1. The number of hydrogen-bond acceptors (Lipinski definition) is 6. The number of aromatic nitrogens is 2. The van der Waals surface area contributed by atoms with E-state index in [1.165, 1.54) is 23.5 Å². The number of nitrogens with zero attached hydrogens (tertiary/aromatic N) is 2. The number of fused-ring (bicyclic) bond motifs is 1. The number of alkyl halides is 3. The molecule has 11 heteroatoms. The predicted octanol–water partition coefficient (Wildman–Crippen LogP) is 6.28. The largest absolute Gasteiger partial charge is 0.433 e. The van der Waals surface area contributed by atoms with Crippen molar-refractivity contribution in [2.24, 2.45) is 0 Å². The first kappa shape index (κ1) is 25.2. The van der Waals surface area contributed by atoms with Crippen LogP contribution >= 0.6 is 22.9 Å². The molecule has 1 fully saturated rings. The molecule has 1 aliphatic carbocycles. The van der Waals surface area contributed by atoms with Gasteiger partial charge in [0, 0.05) is 33.6 Å². The number of thiazole rings is 1. The third-order valence-corrected chi connectivity index (χ3v) is 6.84. The Morgan fingerprint density at radius 2 is 1.91 bits per heavy atom. The van der Waals surface area contributed by atoms with Crippen LogP contribution in [0.5, 0.6) is 0 Å². The van der Waals surface area contributed by atoms with Crippen LogP contribution in [0.25, 0.3) is 16.5 Å². The van der Waals surface area contributed by atoms with Crippen LogP contribution in [0.3, 0.4) is 0 Å². The highest BCUT2D eigenvalue weighted by Crippen LogP contribution is 2.35. The van der Waals surface area contributed by atoms with Gasteiger partial charge in [0.05, 0.1) is 16.8 Å². The van der Waals surface area contributed by atoms with Gasteiger partial charge in [0.2, 0.25) is 0 Å². The summed E-state index contributed by atoms with van der Waals surface area (Å²) >= 11 is 7.37. The molecule has 0 radical (unpaired) electrons. The highest BCUT2D eigenvalue weighted by atomic mass is 35.5. The van der Waals surface area contributed by atoms with Gasteiger partial charge in [-0.1, -0.05) is 24.6 Å². The van der Waals surface area contributed by atoms with Crippen molar-refractivity contribution in [3.63, 3.8) is 0 Å². The summed E-state index contributed by atoms with van der Waals surface area (Å²) in [5.74, 6) is -0.196. The Bertz CT molecular complexity index is 1250. The van der Waals surface area contributed by atoms with E-state index < -0.39 is 11.9 Å². The fourth-order valence-corrected chi connectivity index (χ4v) is 4.99. The molecule has 1 aromatic carbocycles. The number of nitrogen functional groups attached to an aromatic ring is 1. The Kier molecular flexibility index (Phi) is 7.51. The maximum atomic E-state index is 13.4. The second-order valence-electron chi connectivity index (χ2n) is 8.48. The minimum atomic E-state index is -4.56. The summed E-state index contributed by atoms with van der Waals surface area (Å²) in [4.78, 5) is 20.9. The molecule has 0 spiro atoms. The Labute approximate surface area is 209 Å². The zero-order valence-electron chi connectivity index (χ0n) is 19.0. The van der Waals surface area contributed by atoms with E-state index >= 15 is 0 Å². The highest BCUT2D eigenvalue weighted by molar-refractivity contribution is 7.13. The summed E-state index contributed by atoms with van der Waals surface area (Å²) < 4.78 is 40.2. The number of carbonyl (C=O) groups is 1. The average molecular weight is 524 g/mol. The van der Waals surface area contributed by atoms with Gasteiger partial charge in [0.1, 0.15) is 5.69 Å². The number of hydrogen-bond donors (Lipinski definition) is 3. The summed E-state index contributed by atoms with van der Waals surface area (Å²) in [5, 5.41) is 9.47. The van der Waals surface area contributed by atoms with E-state index in [2.05, 4.69) is 20.6 Å². The minimum absolute atomic E-state index is 0.0360. The van der Waals surface area contributed by atoms with Gasteiger partial charge >= 0.3 is 6.18 Å². The summed E-state index contributed by atoms with van der Waals surface area (Å²) in [7, 11) is 0. The molecule has 1 saturated carbocycles. The average Bonchev–Trinajstić information content (AvgIpc) is 3.24. The molecule has 1 amide bonds. The van der Waals surface area contributed by atoms with Crippen molar-refractivity contribution in [3.05, 3.63) is 52.1 Å². The second kappa shape index (κ2) is 10.4. The van der Waals surface area contributed by atoms with Crippen LogP contribution in [-0.4, -0.2) is 28.0 Å².